The van der Waals surface area contributed by atoms with Gasteiger partial charge in [-0.15, -0.1) is 11.3 Å². The number of nitrogens with zero attached hydrogens (tertiary/aromatic N) is 4. The van der Waals surface area contributed by atoms with Gasteiger partial charge < -0.3 is 9.80 Å². The molecule has 1 amide bonds. The second-order valence-corrected chi connectivity index (χ2v) is 8.30. The van der Waals surface area contributed by atoms with Gasteiger partial charge in [-0.3, -0.25) is 4.79 Å². The molecule has 3 rings (SSSR count). The number of fused-ring (bicyclic) bond motifs is 1. The van der Waals surface area contributed by atoms with E-state index in [4.69, 9.17) is 0 Å². The van der Waals surface area contributed by atoms with Gasteiger partial charge in [0.1, 0.15) is 16.2 Å². The van der Waals surface area contributed by atoms with Gasteiger partial charge in [-0.1, -0.05) is 18.7 Å². The third-order valence-corrected chi connectivity index (χ3v) is 6.43. The minimum Gasteiger partial charge on any atom is -0.339 e. The number of carbonyl (C=O) groups excluding carboxylic acids is 1. The lowest BCUT2D eigenvalue weighted by atomic mass is 10.3. The van der Waals surface area contributed by atoms with E-state index in [-0.39, 0.29) is 11.2 Å². The van der Waals surface area contributed by atoms with E-state index in [9.17, 15) is 4.79 Å². The molecule has 124 valence electrons. The molecule has 3 heterocycles. The average Bonchev–Trinajstić information content (AvgIpc) is 2.99. The fraction of sp³-hybridized carbons (Fsp3) is 0.562. The molecule has 1 aliphatic rings. The van der Waals surface area contributed by atoms with Crippen molar-refractivity contribution in [2.45, 2.75) is 30.5 Å². The van der Waals surface area contributed by atoms with Gasteiger partial charge in [0.15, 0.2) is 0 Å². The summed E-state index contributed by atoms with van der Waals surface area (Å²) in [5.41, 5.74) is 0. The van der Waals surface area contributed by atoms with Gasteiger partial charge in [0.2, 0.25) is 5.91 Å². The zero-order valence-electron chi connectivity index (χ0n) is 13.8. The molecule has 0 bridgehead atoms. The first-order chi connectivity index (χ1) is 11.1. The molecule has 0 spiro atoms. The molecule has 2 aromatic heterocycles. The number of thioether (sulfide) groups is 1. The van der Waals surface area contributed by atoms with Crippen molar-refractivity contribution in [3.05, 3.63) is 17.3 Å². The lowest BCUT2D eigenvalue weighted by molar-refractivity contribution is -0.131. The van der Waals surface area contributed by atoms with Crippen LogP contribution in [0.4, 0.5) is 0 Å². The van der Waals surface area contributed by atoms with Crippen LogP contribution in [0.2, 0.25) is 0 Å². The first kappa shape index (κ1) is 16.7. The van der Waals surface area contributed by atoms with E-state index < -0.39 is 0 Å². The highest BCUT2D eigenvalue weighted by Gasteiger charge is 2.25. The Labute approximate surface area is 145 Å². The number of aromatic nitrogens is 2. The topological polar surface area (TPSA) is 49.3 Å². The Morgan fingerprint density at radius 3 is 2.78 bits per heavy atom. The van der Waals surface area contributed by atoms with Gasteiger partial charge in [0, 0.05) is 36.4 Å². The summed E-state index contributed by atoms with van der Waals surface area (Å²) >= 11 is 3.26. The molecule has 1 unspecified atom stereocenters. The highest BCUT2D eigenvalue weighted by atomic mass is 32.2. The summed E-state index contributed by atoms with van der Waals surface area (Å²) in [5.74, 6) is 0.209. The molecule has 2 aromatic rings. The maximum atomic E-state index is 12.7. The van der Waals surface area contributed by atoms with Crippen molar-refractivity contribution >= 4 is 39.2 Å². The highest BCUT2D eigenvalue weighted by molar-refractivity contribution is 8.00. The number of hydrogen-bond acceptors (Lipinski definition) is 6. The number of carbonyl (C=O) groups is 1. The average molecular weight is 351 g/mol. The predicted octanol–water partition coefficient (Wildman–Crippen LogP) is 2.51. The van der Waals surface area contributed by atoms with E-state index in [1.807, 2.05) is 11.8 Å². The van der Waals surface area contributed by atoms with Gasteiger partial charge in [0.25, 0.3) is 0 Å². The molecule has 1 fully saturated rings. The van der Waals surface area contributed by atoms with Crippen LogP contribution in [0.1, 0.15) is 18.7 Å². The zero-order chi connectivity index (χ0) is 16.4. The minimum absolute atomic E-state index is 0.124. The van der Waals surface area contributed by atoms with Gasteiger partial charge >= 0.3 is 0 Å². The monoisotopic (exact) mass is 350 g/mol. The standard InChI is InChI=1S/C16H22N4OS2/c1-4-12-9-13-14(17-10-18-15(13)23-12)22-11(2)16(21)20-7-5-19(3)6-8-20/h9-11H,4-8H2,1-3H3. The van der Waals surface area contributed by atoms with Crippen LogP contribution in [0.3, 0.4) is 0 Å². The summed E-state index contributed by atoms with van der Waals surface area (Å²) in [7, 11) is 2.10. The molecule has 0 aliphatic carbocycles. The predicted molar refractivity (Wildman–Crippen MR) is 96.2 cm³/mol. The van der Waals surface area contributed by atoms with Crippen molar-refractivity contribution in [2.75, 3.05) is 33.2 Å². The fourth-order valence-corrected chi connectivity index (χ4v) is 4.63. The van der Waals surface area contributed by atoms with E-state index >= 15 is 0 Å². The Balaban J connectivity index is 1.73. The molecule has 1 saturated heterocycles. The number of aryl methyl sites for hydroxylation is 1. The third-order valence-electron chi connectivity index (χ3n) is 4.14. The smallest absolute Gasteiger partial charge is 0.235 e. The number of amides is 1. The van der Waals surface area contributed by atoms with Crippen LogP contribution in [0.5, 0.6) is 0 Å². The number of likely N-dealkylation sites (N-methyl/N-ethyl adjacent to an activating group) is 1. The summed E-state index contributed by atoms with van der Waals surface area (Å²) in [4.78, 5) is 28.0. The van der Waals surface area contributed by atoms with Crippen molar-refractivity contribution < 1.29 is 4.79 Å². The van der Waals surface area contributed by atoms with Gasteiger partial charge in [-0.05, 0) is 26.5 Å². The second kappa shape index (κ2) is 7.15. The van der Waals surface area contributed by atoms with Crippen molar-refractivity contribution in [3.63, 3.8) is 0 Å². The van der Waals surface area contributed by atoms with Gasteiger partial charge in [-0.2, -0.15) is 0 Å². The van der Waals surface area contributed by atoms with E-state index in [0.29, 0.717) is 0 Å². The Hall–Kier alpha value is -1.18. The van der Waals surface area contributed by atoms with Crippen LogP contribution in [0.25, 0.3) is 10.2 Å². The SMILES string of the molecule is CCc1cc2c(SC(C)C(=O)N3CCN(C)CC3)ncnc2s1. The Morgan fingerprint density at radius 1 is 1.35 bits per heavy atom. The molecule has 0 aromatic carbocycles. The molecule has 1 aliphatic heterocycles. The van der Waals surface area contributed by atoms with Crippen LogP contribution >= 0.6 is 23.1 Å². The van der Waals surface area contributed by atoms with Crippen molar-refractivity contribution in [3.8, 4) is 0 Å². The lowest BCUT2D eigenvalue weighted by Gasteiger charge is -2.33. The maximum absolute atomic E-state index is 12.7. The highest BCUT2D eigenvalue weighted by Crippen LogP contribution is 2.33. The number of piperazine rings is 1. The van der Waals surface area contributed by atoms with E-state index in [2.05, 4.69) is 34.9 Å². The summed E-state index contributed by atoms with van der Waals surface area (Å²) in [6.07, 6.45) is 2.61. The number of hydrogen-bond donors (Lipinski definition) is 0. The van der Waals surface area contributed by atoms with Gasteiger partial charge in [0.05, 0.1) is 5.25 Å². The molecule has 5 nitrogen and oxygen atoms in total. The first-order valence-electron chi connectivity index (χ1n) is 7.96. The summed E-state index contributed by atoms with van der Waals surface area (Å²) in [6.45, 7) is 7.66. The second-order valence-electron chi connectivity index (χ2n) is 5.85. The number of thiophene rings is 1. The van der Waals surface area contributed by atoms with Crippen molar-refractivity contribution in [1.29, 1.82) is 0 Å². The lowest BCUT2D eigenvalue weighted by Crippen LogP contribution is -2.49. The van der Waals surface area contributed by atoms with Crippen LogP contribution in [-0.4, -0.2) is 64.2 Å². The van der Waals surface area contributed by atoms with Gasteiger partial charge in [-0.25, -0.2) is 9.97 Å². The molecule has 0 N–H and O–H groups in total. The zero-order valence-corrected chi connectivity index (χ0v) is 15.4. The third kappa shape index (κ3) is 3.67. The maximum Gasteiger partial charge on any atom is 0.235 e. The summed E-state index contributed by atoms with van der Waals surface area (Å²) < 4.78 is 0. The molecule has 7 heteroatoms. The normalized spacial score (nSPS) is 17.6. The Bertz CT molecular complexity index is 694. The van der Waals surface area contributed by atoms with Crippen LogP contribution in [-0.2, 0) is 11.2 Å². The molecule has 1 atom stereocenters. The van der Waals surface area contributed by atoms with Crippen molar-refractivity contribution in [1.82, 2.24) is 19.8 Å². The summed E-state index contributed by atoms with van der Waals surface area (Å²) in [5, 5.41) is 1.87. The molecular formula is C16H22N4OS2. The molecule has 0 saturated carbocycles. The van der Waals surface area contributed by atoms with Crippen LogP contribution < -0.4 is 0 Å². The van der Waals surface area contributed by atoms with Crippen LogP contribution in [0.15, 0.2) is 17.4 Å². The summed E-state index contributed by atoms with van der Waals surface area (Å²) in [6, 6.07) is 2.16. The Morgan fingerprint density at radius 2 is 2.09 bits per heavy atom. The van der Waals surface area contributed by atoms with E-state index in [1.165, 1.54) is 4.88 Å². The number of rotatable bonds is 4. The Kier molecular flexibility index (Phi) is 5.18. The van der Waals surface area contributed by atoms with Crippen molar-refractivity contribution in [2.24, 2.45) is 0 Å². The quantitative estimate of drug-likeness (QED) is 0.626. The molecular weight excluding hydrogens is 328 g/mol. The van der Waals surface area contributed by atoms with E-state index in [1.54, 1.807) is 29.4 Å². The fourth-order valence-electron chi connectivity index (χ4n) is 2.65. The molecule has 23 heavy (non-hydrogen) atoms. The first-order valence-corrected chi connectivity index (χ1v) is 9.65. The minimum atomic E-state index is -0.124. The molecule has 0 radical (unpaired) electrons. The van der Waals surface area contributed by atoms with E-state index in [0.717, 1.165) is 47.8 Å². The largest absolute Gasteiger partial charge is 0.339 e. The van der Waals surface area contributed by atoms with Crippen LogP contribution in [0, 0.1) is 0 Å².